The standard InChI is InChI=1S/C16H16N2O2/c1-2-18(16(19)20)13-4-6-15-11(9-13)7-10-8-12(17)3-5-14(10)15/h3-6,8-9H,2,7,17H2,1H3,(H,19,20). The number of hydrogen-bond acceptors (Lipinski definition) is 2. The molecule has 0 fully saturated rings. The zero-order chi connectivity index (χ0) is 14.3. The summed E-state index contributed by atoms with van der Waals surface area (Å²) in [7, 11) is 0. The van der Waals surface area contributed by atoms with Crippen molar-refractivity contribution < 1.29 is 9.90 Å². The van der Waals surface area contributed by atoms with Gasteiger partial charge in [-0.2, -0.15) is 0 Å². The van der Waals surface area contributed by atoms with Crippen molar-refractivity contribution in [2.45, 2.75) is 13.3 Å². The van der Waals surface area contributed by atoms with E-state index in [4.69, 9.17) is 5.73 Å². The number of nitrogens with two attached hydrogens (primary N) is 1. The highest BCUT2D eigenvalue weighted by Crippen LogP contribution is 2.39. The van der Waals surface area contributed by atoms with E-state index in [1.807, 2.05) is 43.3 Å². The van der Waals surface area contributed by atoms with E-state index in [1.54, 1.807) is 0 Å². The summed E-state index contributed by atoms with van der Waals surface area (Å²) in [6, 6.07) is 11.7. The third kappa shape index (κ3) is 1.90. The van der Waals surface area contributed by atoms with E-state index in [0.717, 1.165) is 23.4 Å². The molecule has 4 heteroatoms. The minimum absolute atomic E-state index is 0.439. The summed E-state index contributed by atoms with van der Waals surface area (Å²) in [4.78, 5) is 12.5. The number of rotatable bonds is 2. The van der Waals surface area contributed by atoms with Crippen LogP contribution in [0.15, 0.2) is 36.4 Å². The number of carboxylic acid groups (broad SMARTS) is 1. The summed E-state index contributed by atoms with van der Waals surface area (Å²) in [6.45, 7) is 2.27. The van der Waals surface area contributed by atoms with E-state index in [-0.39, 0.29) is 0 Å². The molecule has 0 atom stereocenters. The van der Waals surface area contributed by atoms with Crippen molar-refractivity contribution in [1.82, 2.24) is 0 Å². The molecule has 0 saturated heterocycles. The first-order valence-electron chi connectivity index (χ1n) is 6.62. The number of amides is 1. The van der Waals surface area contributed by atoms with Gasteiger partial charge >= 0.3 is 6.09 Å². The van der Waals surface area contributed by atoms with Gasteiger partial charge in [0.1, 0.15) is 0 Å². The van der Waals surface area contributed by atoms with E-state index < -0.39 is 6.09 Å². The van der Waals surface area contributed by atoms with Gasteiger partial charge in [0.05, 0.1) is 0 Å². The Bertz CT molecular complexity index is 695. The van der Waals surface area contributed by atoms with Crippen LogP contribution in [0.3, 0.4) is 0 Å². The molecular formula is C16H16N2O2. The van der Waals surface area contributed by atoms with Crippen molar-refractivity contribution in [3.63, 3.8) is 0 Å². The van der Waals surface area contributed by atoms with E-state index >= 15 is 0 Å². The summed E-state index contributed by atoms with van der Waals surface area (Å²) in [5.74, 6) is 0. The lowest BCUT2D eigenvalue weighted by molar-refractivity contribution is 0.202. The topological polar surface area (TPSA) is 66.6 Å². The molecule has 3 N–H and O–H groups in total. The maximum absolute atomic E-state index is 11.2. The van der Waals surface area contributed by atoms with E-state index in [1.165, 1.54) is 21.6 Å². The van der Waals surface area contributed by atoms with Crippen LogP contribution in [0.25, 0.3) is 11.1 Å². The monoisotopic (exact) mass is 268 g/mol. The highest BCUT2D eigenvalue weighted by molar-refractivity contribution is 5.88. The van der Waals surface area contributed by atoms with Gasteiger partial charge in [0, 0.05) is 17.9 Å². The highest BCUT2D eigenvalue weighted by Gasteiger charge is 2.21. The Labute approximate surface area is 117 Å². The Balaban J connectivity index is 2.04. The summed E-state index contributed by atoms with van der Waals surface area (Å²) in [5, 5.41) is 9.19. The highest BCUT2D eigenvalue weighted by atomic mass is 16.4. The number of nitrogen functional groups attached to an aromatic ring is 1. The van der Waals surface area contributed by atoms with Crippen molar-refractivity contribution in [3.05, 3.63) is 47.5 Å². The van der Waals surface area contributed by atoms with Gasteiger partial charge in [-0.25, -0.2) is 4.79 Å². The minimum Gasteiger partial charge on any atom is -0.465 e. The predicted octanol–water partition coefficient (Wildman–Crippen LogP) is 3.34. The quantitative estimate of drug-likeness (QED) is 0.700. The van der Waals surface area contributed by atoms with Crippen LogP contribution in [0.1, 0.15) is 18.1 Å². The molecule has 0 aliphatic heterocycles. The van der Waals surface area contributed by atoms with Crippen LogP contribution in [0.5, 0.6) is 0 Å². The first kappa shape index (κ1) is 12.5. The first-order valence-corrected chi connectivity index (χ1v) is 6.62. The average Bonchev–Trinajstić information content (AvgIpc) is 2.75. The Morgan fingerprint density at radius 1 is 1.20 bits per heavy atom. The molecule has 3 rings (SSSR count). The zero-order valence-electron chi connectivity index (χ0n) is 11.3. The Morgan fingerprint density at radius 2 is 1.85 bits per heavy atom. The average molecular weight is 268 g/mol. The number of hydrogen-bond donors (Lipinski definition) is 2. The van der Waals surface area contributed by atoms with Crippen LogP contribution in [-0.4, -0.2) is 17.7 Å². The van der Waals surface area contributed by atoms with E-state index in [9.17, 15) is 9.90 Å². The summed E-state index contributed by atoms with van der Waals surface area (Å²) in [6.07, 6.45) is -0.118. The Morgan fingerprint density at radius 3 is 2.50 bits per heavy atom. The van der Waals surface area contributed by atoms with Gasteiger partial charge in [-0.3, -0.25) is 4.90 Å². The van der Waals surface area contributed by atoms with Gasteiger partial charge in [0.25, 0.3) is 0 Å². The van der Waals surface area contributed by atoms with Gasteiger partial charge in [-0.15, -0.1) is 0 Å². The Hall–Kier alpha value is -2.49. The van der Waals surface area contributed by atoms with Crippen LogP contribution in [0.2, 0.25) is 0 Å². The van der Waals surface area contributed by atoms with Crippen LogP contribution >= 0.6 is 0 Å². The molecule has 1 aliphatic rings. The SMILES string of the molecule is CCN(C(=O)O)c1ccc2c(c1)Cc1cc(N)ccc1-2. The molecule has 2 aromatic carbocycles. The molecule has 0 aromatic heterocycles. The third-order valence-electron chi connectivity index (χ3n) is 3.75. The fourth-order valence-electron chi connectivity index (χ4n) is 2.81. The van der Waals surface area contributed by atoms with Crippen LogP contribution in [-0.2, 0) is 6.42 Å². The van der Waals surface area contributed by atoms with Gasteiger partial charge in [-0.05, 0) is 59.9 Å². The lowest BCUT2D eigenvalue weighted by Gasteiger charge is -2.18. The summed E-state index contributed by atoms with van der Waals surface area (Å²) >= 11 is 0. The molecule has 2 aromatic rings. The number of benzene rings is 2. The fourth-order valence-corrected chi connectivity index (χ4v) is 2.81. The van der Waals surface area contributed by atoms with Gasteiger partial charge in [0.15, 0.2) is 0 Å². The van der Waals surface area contributed by atoms with E-state index in [0.29, 0.717) is 6.54 Å². The molecule has 0 radical (unpaired) electrons. The fraction of sp³-hybridized carbons (Fsp3) is 0.188. The van der Waals surface area contributed by atoms with Crippen molar-refractivity contribution in [2.75, 3.05) is 17.2 Å². The third-order valence-corrected chi connectivity index (χ3v) is 3.75. The molecule has 0 bridgehead atoms. The largest absolute Gasteiger partial charge is 0.465 e. The first-order chi connectivity index (χ1) is 9.60. The number of anilines is 2. The van der Waals surface area contributed by atoms with Crippen molar-refractivity contribution in [1.29, 1.82) is 0 Å². The van der Waals surface area contributed by atoms with Gasteiger partial charge < -0.3 is 10.8 Å². The van der Waals surface area contributed by atoms with Crippen LogP contribution in [0.4, 0.5) is 16.2 Å². The molecule has 1 amide bonds. The van der Waals surface area contributed by atoms with Crippen LogP contribution < -0.4 is 10.6 Å². The Kier molecular flexibility index (Phi) is 2.86. The molecule has 20 heavy (non-hydrogen) atoms. The number of carbonyl (C=O) groups is 1. The zero-order valence-corrected chi connectivity index (χ0v) is 11.3. The molecule has 1 aliphatic carbocycles. The molecule has 0 unspecified atom stereocenters. The number of fused-ring (bicyclic) bond motifs is 3. The molecule has 102 valence electrons. The second-order valence-corrected chi connectivity index (χ2v) is 4.96. The van der Waals surface area contributed by atoms with E-state index in [2.05, 4.69) is 0 Å². The molecular weight excluding hydrogens is 252 g/mol. The maximum Gasteiger partial charge on any atom is 0.411 e. The van der Waals surface area contributed by atoms with Gasteiger partial charge in [-0.1, -0.05) is 12.1 Å². The van der Waals surface area contributed by atoms with Crippen LogP contribution in [0, 0.1) is 0 Å². The second kappa shape index (κ2) is 4.56. The predicted molar refractivity (Wildman–Crippen MR) is 80.1 cm³/mol. The number of nitrogens with zero attached hydrogens (tertiary/aromatic N) is 1. The normalized spacial score (nSPS) is 11.8. The van der Waals surface area contributed by atoms with Crippen molar-refractivity contribution in [3.8, 4) is 11.1 Å². The smallest absolute Gasteiger partial charge is 0.411 e. The molecule has 0 spiro atoms. The second-order valence-electron chi connectivity index (χ2n) is 4.96. The molecule has 4 nitrogen and oxygen atoms in total. The lowest BCUT2D eigenvalue weighted by Crippen LogP contribution is -2.28. The maximum atomic E-state index is 11.2. The molecule has 0 saturated carbocycles. The summed E-state index contributed by atoms with van der Waals surface area (Å²) < 4.78 is 0. The van der Waals surface area contributed by atoms with Crippen molar-refractivity contribution >= 4 is 17.5 Å². The van der Waals surface area contributed by atoms with Gasteiger partial charge in [0.2, 0.25) is 0 Å². The molecule has 0 heterocycles. The summed E-state index contributed by atoms with van der Waals surface area (Å²) in [5.41, 5.74) is 12.0. The van der Waals surface area contributed by atoms with Crippen molar-refractivity contribution in [2.24, 2.45) is 0 Å². The minimum atomic E-state index is -0.924. The lowest BCUT2D eigenvalue weighted by atomic mass is 10.0.